The van der Waals surface area contributed by atoms with Crippen molar-refractivity contribution >= 4 is 5.91 Å². The molecule has 4 nitrogen and oxygen atoms in total. The van der Waals surface area contributed by atoms with Crippen molar-refractivity contribution in [2.45, 2.75) is 30.9 Å². The first-order chi connectivity index (χ1) is 15.9. The fourth-order valence-electron chi connectivity index (χ4n) is 4.81. The van der Waals surface area contributed by atoms with Crippen LogP contribution in [0.15, 0.2) is 84.9 Å². The monoisotopic (exact) mass is 446 g/mol. The van der Waals surface area contributed by atoms with Crippen molar-refractivity contribution in [1.82, 2.24) is 9.80 Å². The number of halogens is 1. The molecule has 0 bridgehead atoms. The lowest BCUT2D eigenvalue weighted by Crippen LogP contribution is -2.48. The Hall–Kier alpha value is -3.02. The normalized spacial score (nSPS) is 17.6. The molecular weight excluding hydrogens is 415 g/mol. The van der Waals surface area contributed by atoms with Crippen LogP contribution >= 0.6 is 0 Å². The van der Waals surface area contributed by atoms with Crippen LogP contribution in [0.25, 0.3) is 0 Å². The number of β-amino-alcohol motifs (C(OH)–C–C–N with tert-alkyl or cyclic N) is 1. The molecule has 5 heteroatoms. The zero-order valence-electron chi connectivity index (χ0n) is 19.2. The minimum Gasteiger partial charge on any atom is -0.392 e. The molecule has 172 valence electrons. The highest BCUT2D eigenvalue weighted by Gasteiger charge is 2.41. The van der Waals surface area contributed by atoms with Gasteiger partial charge in [-0.05, 0) is 42.2 Å². The highest BCUT2D eigenvalue weighted by atomic mass is 19.1. The van der Waals surface area contributed by atoms with Crippen LogP contribution in [-0.4, -0.2) is 53.6 Å². The quantitative estimate of drug-likeness (QED) is 0.585. The third kappa shape index (κ3) is 4.85. The average Bonchev–Trinajstić information content (AvgIpc) is 3.27. The van der Waals surface area contributed by atoms with Crippen LogP contribution in [0.5, 0.6) is 0 Å². The van der Waals surface area contributed by atoms with Gasteiger partial charge >= 0.3 is 0 Å². The van der Waals surface area contributed by atoms with Crippen LogP contribution in [0, 0.1) is 5.82 Å². The molecule has 0 spiro atoms. The Kier molecular flexibility index (Phi) is 6.91. The van der Waals surface area contributed by atoms with Crippen LogP contribution in [0.4, 0.5) is 4.39 Å². The summed E-state index contributed by atoms with van der Waals surface area (Å²) in [6.45, 7) is 3.90. The average molecular weight is 447 g/mol. The number of carbonyl (C=O) groups excluding carboxylic acids is 1. The Morgan fingerprint density at radius 2 is 1.58 bits per heavy atom. The molecule has 1 aliphatic heterocycles. The van der Waals surface area contributed by atoms with Gasteiger partial charge in [-0.25, -0.2) is 4.39 Å². The molecule has 1 fully saturated rings. The van der Waals surface area contributed by atoms with Crippen molar-refractivity contribution in [3.05, 3.63) is 107 Å². The number of benzene rings is 3. The van der Waals surface area contributed by atoms with Gasteiger partial charge in [0.25, 0.3) is 0 Å². The maximum absolute atomic E-state index is 14.3. The number of likely N-dealkylation sites (N-methyl/N-ethyl adjacent to an activating group) is 1. The molecule has 0 aliphatic carbocycles. The van der Waals surface area contributed by atoms with Gasteiger partial charge in [0, 0.05) is 26.7 Å². The Bertz CT molecular complexity index is 1020. The van der Waals surface area contributed by atoms with E-state index in [0.29, 0.717) is 13.1 Å². The second-order valence-corrected chi connectivity index (χ2v) is 9.04. The van der Waals surface area contributed by atoms with Gasteiger partial charge in [0.05, 0.1) is 17.6 Å². The van der Waals surface area contributed by atoms with E-state index < -0.39 is 5.41 Å². The second-order valence-electron chi connectivity index (χ2n) is 9.04. The molecule has 1 amide bonds. The maximum atomic E-state index is 14.3. The van der Waals surface area contributed by atoms with Crippen molar-refractivity contribution in [2.75, 3.05) is 26.7 Å². The van der Waals surface area contributed by atoms with Gasteiger partial charge in [0.2, 0.25) is 5.91 Å². The number of aliphatic hydroxyl groups excluding tert-OH is 1. The molecule has 2 atom stereocenters. The number of aliphatic hydroxyl groups is 1. The van der Waals surface area contributed by atoms with Crippen LogP contribution in [0.1, 0.15) is 36.1 Å². The number of carbonyl (C=O) groups is 1. The predicted molar refractivity (Wildman–Crippen MR) is 128 cm³/mol. The summed E-state index contributed by atoms with van der Waals surface area (Å²) in [5.74, 6) is -0.338. The molecule has 1 aliphatic rings. The van der Waals surface area contributed by atoms with Crippen LogP contribution < -0.4 is 0 Å². The summed E-state index contributed by atoms with van der Waals surface area (Å²) in [7, 11) is 1.83. The van der Waals surface area contributed by atoms with Gasteiger partial charge in [-0.1, -0.05) is 72.8 Å². The zero-order chi connectivity index (χ0) is 23.4. The smallest absolute Gasteiger partial charge is 0.237 e. The molecule has 0 radical (unpaired) electrons. The van der Waals surface area contributed by atoms with Crippen LogP contribution in [0.2, 0.25) is 0 Å². The lowest BCUT2D eigenvalue weighted by Gasteiger charge is -2.39. The first-order valence-electron chi connectivity index (χ1n) is 11.4. The number of nitrogens with zero attached hydrogens (tertiary/aromatic N) is 2. The van der Waals surface area contributed by atoms with E-state index in [1.165, 1.54) is 12.1 Å². The summed E-state index contributed by atoms with van der Waals surface area (Å²) in [5, 5.41) is 10.0. The first kappa shape index (κ1) is 23.1. The standard InChI is InChI=1S/C28H31FN2O2/c1-28(22-9-5-3-6-10-22,23-11-7-4-8-12-23)27(33)30(2)26(20-31-18-17-25(32)19-31)21-13-15-24(29)16-14-21/h3-16,25-26,32H,17-20H2,1-2H3/t25-,26+/m0/s1. The highest BCUT2D eigenvalue weighted by Crippen LogP contribution is 2.36. The van der Waals surface area contributed by atoms with Gasteiger partial charge in [-0.15, -0.1) is 0 Å². The van der Waals surface area contributed by atoms with E-state index in [0.717, 1.165) is 29.7 Å². The fourth-order valence-corrected chi connectivity index (χ4v) is 4.81. The molecule has 4 rings (SSSR count). The Labute approximate surface area is 195 Å². The van der Waals surface area contributed by atoms with E-state index in [1.54, 1.807) is 17.0 Å². The molecule has 3 aromatic rings. The fraction of sp³-hybridized carbons (Fsp3) is 0.321. The lowest BCUT2D eigenvalue weighted by molar-refractivity contribution is -0.136. The molecule has 0 unspecified atom stereocenters. The van der Waals surface area contributed by atoms with Crippen molar-refractivity contribution in [3.8, 4) is 0 Å². The van der Waals surface area contributed by atoms with E-state index in [9.17, 15) is 14.3 Å². The molecule has 1 heterocycles. The molecule has 0 aromatic heterocycles. The summed E-state index contributed by atoms with van der Waals surface area (Å²) < 4.78 is 13.7. The molecular formula is C28H31FN2O2. The van der Waals surface area contributed by atoms with Gasteiger partial charge in [-0.3, -0.25) is 9.69 Å². The van der Waals surface area contributed by atoms with Crippen molar-refractivity contribution < 1.29 is 14.3 Å². The minimum atomic E-state index is -0.889. The number of hydrogen-bond donors (Lipinski definition) is 1. The SMILES string of the molecule is CN(C(=O)C(C)(c1ccccc1)c1ccccc1)[C@H](CN1CC[C@H](O)C1)c1ccc(F)cc1. The summed E-state index contributed by atoms with van der Waals surface area (Å²) in [6.07, 6.45) is 0.373. The lowest BCUT2D eigenvalue weighted by atomic mass is 9.74. The van der Waals surface area contributed by atoms with Gasteiger partial charge in [0.15, 0.2) is 0 Å². The van der Waals surface area contributed by atoms with Crippen molar-refractivity contribution in [2.24, 2.45) is 0 Å². The third-order valence-corrected chi connectivity index (χ3v) is 6.85. The summed E-state index contributed by atoms with van der Waals surface area (Å²) in [5.41, 5.74) is 1.82. The summed E-state index contributed by atoms with van der Waals surface area (Å²) in [6, 6.07) is 25.7. The molecule has 33 heavy (non-hydrogen) atoms. The second kappa shape index (κ2) is 9.86. The zero-order valence-corrected chi connectivity index (χ0v) is 19.2. The maximum Gasteiger partial charge on any atom is 0.237 e. The van der Waals surface area contributed by atoms with Crippen molar-refractivity contribution in [3.63, 3.8) is 0 Å². The van der Waals surface area contributed by atoms with E-state index in [1.807, 2.05) is 74.6 Å². The van der Waals surface area contributed by atoms with Crippen LogP contribution in [0.3, 0.4) is 0 Å². The van der Waals surface area contributed by atoms with Gasteiger partial charge < -0.3 is 10.0 Å². The van der Waals surface area contributed by atoms with Crippen molar-refractivity contribution in [1.29, 1.82) is 0 Å². The van der Waals surface area contributed by atoms with Crippen LogP contribution in [-0.2, 0) is 10.2 Å². The summed E-state index contributed by atoms with van der Waals surface area (Å²) >= 11 is 0. The van der Waals surface area contributed by atoms with E-state index in [-0.39, 0.29) is 23.9 Å². The number of likely N-dealkylation sites (tertiary alicyclic amines) is 1. The molecule has 3 aromatic carbocycles. The molecule has 1 saturated heterocycles. The van der Waals surface area contributed by atoms with E-state index in [2.05, 4.69) is 4.90 Å². The Balaban J connectivity index is 1.73. The topological polar surface area (TPSA) is 43.8 Å². The predicted octanol–water partition coefficient (Wildman–Crippen LogP) is 4.40. The highest BCUT2D eigenvalue weighted by molar-refractivity contribution is 5.91. The van der Waals surface area contributed by atoms with E-state index >= 15 is 0 Å². The minimum absolute atomic E-state index is 0.0334. The van der Waals surface area contributed by atoms with Gasteiger partial charge in [-0.2, -0.15) is 0 Å². The number of amides is 1. The van der Waals surface area contributed by atoms with Gasteiger partial charge in [0.1, 0.15) is 5.82 Å². The number of hydrogen-bond acceptors (Lipinski definition) is 3. The molecule has 0 saturated carbocycles. The molecule has 1 N–H and O–H groups in total. The summed E-state index contributed by atoms with van der Waals surface area (Å²) in [4.78, 5) is 18.2. The third-order valence-electron chi connectivity index (χ3n) is 6.85. The number of rotatable bonds is 7. The first-order valence-corrected chi connectivity index (χ1v) is 11.4. The van der Waals surface area contributed by atoms with E-state index in [4.69, 9.17) is 0 Å². The Morgan fingerprint density at radius 1 is 1.03 bits per heavy atom. The Morgan fingerprint density at radius 3 is 2.06 bits per heavy atom. The largest absolute Gasteiger partial charge is 0.392 e.